The molecule has 0 radical (unpaired) electrons. The lowest BCUT2D eigenvalue weighted by atomic mass is 10.1. The number of hydrogen-bond donors (Lipinski definition) is 1. The molecule has 0 fully saturated rings. The van der Waals surface area contributed by atoms with Crippen molar-refractivity contribution in [2.45, 2.75) is 38.6 Å². The van der Waals surface area contributed by atoms with Gasteiger partial charge in [-0.25, -0.2) is 4.99 Å². The number of carbonyl (C=O) groups is 2. The Morgan fingerprint density at radius 2 is 1.84 bits per heavy atom. The molecule has 0 spiro atoms. The zero-order valence-corrected chi connectivity index (χ0v) is 18.3. The first-order chi connectivity index (χ1) is 15.1. The Bertz CT molecular complexity index is 1050. The van der Waals surface area contributed by atoms with E-state index in [-0.39, 0.29) is 30.1 Å². The molecule has 4 rings (SSSR count). The molecule has 0 saturated carbocycles. The molecular formula is C24H25N3O3S. The van der Waals surface area contributed by atoms with Crippen molar-refractivity contribution in [2.24, 2.45) is 9.98 Å². The first-order valence-corrected chi connectivity index (χ1v) is 11.5. The van der Waals surface area contributed by atoms with Crippen molar-refractivity contribution in [3.05, 3.63) is 59.7 Å². The molecule has 0 saturated heterocycles. The van der Waals surface area contributed by atoms with Crippen molar-refractivity contribution in [1.29, 1.82) is 0 Å². The molecule has 7 heteroatoms. The monoisotopic (exact) mass is 435 g/mol. The van der Waals surface area contributed by atoms with Crippen LogP contribution in [0.25, 0.3) is 0 Å². The van der Waals surface area contributed by atoms with Crippen LogP contribution in [0.4, 0.5) is 11.4 Å². The number of ether oxygens (including phenoxy) is 1. The lowest BCUT2D eigenvalue weighted by molar-refractivity contribution is -0.141. The number of nitrogens with zero attached hydrogens (tertiary/aromatic N) is 2. The average molecular weight is 436 g/mol. The van der Waals surface area contributed by atoms with Crippen LogP contribution in [0, 0.1) is 0 Å². The van der Waals surface area contributed by atoms with Gasteiger partial charge in [0.05, 0.1) is 41.2 Å². The van der Waals surface area contributed by atoms with Crippen molar-refractivity contribution < 1.29 is 14.3 Å². The molecule has 1 N–H and O–H groups in total. The van der Waals surface area contributed by atoms with Crippen LogP contribution in [0.5, 0.6) is 0 Å². The van der Waals surface area contributed by atoms with E-state index in [0.717, 1.165) is 29.3 Å². The topological polar surface area (TPSA) is 80.1 Å². The second-order valence-electron chi connectivity index (χ2n) is 7.48. The van der Waals surface area contributed by atoms with Crippen molar-refractivity contribution in [1.82, 2.24) is 5.32 Å². The molecule has 6 nitrogen and oxygen atoms in total. The lowest BCUT2D eigenvalue weighted by Crippen LogP contribution is -2.29. The summed E-state index contributed by atoms with van der Waals surface area (Å²) >= 11 is 1.40. The molecular weight excluding hydrogens is 410 g/mol. The van der Waals surface area contributed by atoms with Crippen LogP contribution in [-0.4, -0.2) is 35.0 Å². The highest BCUT2D eigenvalue weighted by Crippen LogP contribution is 2.33. The van der Waals surface area contributed by atoms with Crippen LogP contribution in [-0.2, 0) is 20.7 Å². The lowest BCUT2D eigenvalue weighted by Gasteiger charge is -2.14. The van der Waals surface area contributed by atoms with E-state index in [4.69, 9.17) is 9.73 Å². The van der Waals surface area contributed by atoms with E-state index in [1.54, 1.807) is 6.92 Å². The number of aryl methyl sites for hydroxylation is 1. The van der Waals surface area contributed by atoms with Crippen LogP contribution in [0.3, 0.4) is 0 Å². The van der Waals surface area contributed by atoms with E-state index >= 15 is 0 Å². The van der Waals surface area contributed by atoms with Crippen molar-refractivity contribution >= 4 is 45.8 Å². The molecule has 2 aromatic carbocycles. The van der Waals surface area contributed by atoms with Crippen LogP contribution in [0.1, 0.15) is 43.4 Å². The standard InChI is InChI=1S/C24H25N3O3S/c1-2-30-24(29)14-17-13-23(27-21-10-6-5-9-20(21)25-17)31-15-22(28)26-19-12-11-16-7-3-4-8-18(16)19/h3-10,19H,2,11-15H2,1H3,(H,26,28)/t19-/m0/s1. The van der Waals surface area contributed by atoms with E-state index < -0.39 is 0 Å². The Labute approximate surface area is 186 Å². The van der Waals surface area contributed by atoms with Gasteiger partial charge < -0.3 is 10.1 Å². The Hall–Kier alpha value is -2.93. The molecule has 0 bridgehead atoms. The third kappa shape index (κ3) is 5.41. The Kier molecular flexibility index (Phi) is 6.82. The minimum atomic E-state index is -0.303. The van der Waals surface area contributed by atoms with Crippen LogP contribution in [0.15, 0.2) is 58.5 Å². The van der Waals surface area contributed by atoms with Gasteiger partial charge in [-0.05, 0) is 43.0 Å². The summed E-state index contributed by atoms with van der Waals surface area (Å²) in [5.74, 6) is -0.0507. The van der Waals surface area contributed by atoms with Gasteiger partial charge in [0.25, 0.3) is 0 Å². The number of hydrogen-bond acceptors (Lipinski definition) is 6. The maximum absolute atomic E-state index is 12.6. The van der Waals surface area contributed by atoms with Gasteiger partial charge in [0.2, 0.25) is 5.91 Å². The van der Waals surface area contributed by atoms with Crippen molar-refractivity contribution in [2.75, 3.05) is 12.4 Å². The predicted octanol–water partition coefficient (Wildman–Crippen LogP) is 4.68. The SMILES string of the molecule is CCOC(=O)CC1=Nc2ccccc2N=C(SCC(=O)N[C@H]2CCc3ccccc32)C1. The summed E-state index contributed by atoms with van der Waals surface area (Å²) in [5.41, 5.74) is 4.69. The van der Waals surface area contributed by atoms with Crippen LogP contribution >= 0.6 is 11.8 Å². The first-order valence-electron chi connectivity index (χ1n) is 10.5. The highest BCUT2D eigenvalue weighted by molar-refractivity contribution is 8.14. The fraction of sp³-hybridized carbons (Fsp3) is 0.333. The number of rotatable bonds is 6. The predicted molar refractivity (Wildman–Crippen MR) is 125 cm³/mol. The Balaban J connectivity index is 1.41. The molecule has 2 aromatic rings. The van der Waals surface area contributed by atoms with E-state index in [1.807, 2.05) is 36.4 Å². The van der Waals surface area contributed by atoms with E-state index in [1.165, 1.54) is 22.9 Å². The van der Waals surface area contributed by atoms with Gasteiger partial charge in [-0.1, -0.05) is 36.4 Å². The van der Waals surface area contributed by atoms with Crippen molar-refractivity contribution in [3.8, 4) is 0 Å². The number of esters is 1. The summed E-state index contributed by atoms with van der Waals surface area (Å²) in [7, 11) is 0. The summed E-state index contributed by atoms with van der Waals surface area (Å²) in [5, 5.41) is 3.92. The van der Waals surface area contributed by atoms with Gasteiger partial charge in [0.1, 0.15) is 0 Å². The van der Waals surface area contributed by atoms with Gasteiger partial charge in [-0.3, -0.25) is 14.6 Å². The molecule has 31 heavy (non-hydrogen) atoms. The molecule has 0 aromatic heterocycles. The fourth-order valence-corrected chi connectivity index (χ4v) is 4.68. The molecule has 1 heterocycles. The van der Waals surface area contributed by atoms with Gasteiger partial charge in [-0.2, -0.15) is 0 Å². The maximum atomic E-state index is 12.6. The van der Waals surface area contributed by atoms with Gasteiger partial charge in [0, 0.05) is 12.1 Å². The normalized spacial score (nSPS) is 17.0. The van der Waals surface area contributed by atoms with E-state index in [0.29, 0.717) is 18.7 Å². The minimum Gasteiger partial charge on any atom is -0.466 e. The third-order valence-electron chi connectivity index (χ3n) is 5.25. The zero-order chi connectivity index (χ0) is 21.6. The second kappa shape index (κ2) is 9.92. The van der Waals surface area contributed by atoms with Crippen molar-refractivity contribution in [3.63, 3.8) is 0 Å². The van der Waals surface area contributed by atoms with E-state index in [2.05, 4.69) is 22.4 Å². The number of carbonyl (C=O) groups excluding carboxylic acids is 2. The summed E-state index contributed by atoms with van der Waals surface area (Å²) in [4.78, 5) is 34.0. The number of nitrogens with one attached hydrogen (secondary N) is 1. The van der Waals surface area contributed by atoms with E-state index in [9.17, 15) is 9.59 Å². The fourth-order valence-electron chi connectivity index (χ4n) is 3.87. The first kappa shape index (κ1) is 21.3. The molecule has 1 atom stereocenters. The largest absolute Gasteiger partial charge is 0.466 e. The number of thioether (sulfide) groups is 1. The Morgan fingerprint density at radius 1 is 1.10 bits per heavy atom. The van der Waals surface area contributed by atoms with Gasteiger partial charge in [0.15, 0.2) is 0 Å². The molecule has 160 valence electrons. The molecule has 2 aliphatic rings. The quantitative estimate of drug-likeness (QED) is 0.668. The molecule has 1 aliphatic carbocycles. The number of amides is 1. The van der Waals surface area contributed by atoms with Crippen LogP contribution < -0.4 is 5.32 Å². The molecule has 1 amide bonds. The summed E-state index contributed by atoms with van der Waals surface area (Å²) in [6.45, 7) is 2.12. The molecule has 0 unspecified atom stereocenters. The Morgan fingerprint density at radius 3 is 2.65 bits per heavy atom. The smallest absolute Gasteiger partial charge is 0.311 e. The summed E-state index contributed by atoms with van der Waals surface area (Å²) < 4.78 is 5.08. The zero-order valence-electron chi connectivity index (χ0n) is 17.5. The van der Waals surface area contributed by atoms with Gasteiger partial charge in [-0.15, -0.1) is 11.8 Å². The van der Waals surface area contributed by atoms with Gasteiger partial charge >= 0.3 is 5.97 Å². The number of fused-ring (bicyclic) bond motifs is 2. The number of para-hydroxylation sites is 2. The summed E-state index contributed by atoms with van der Waals surface area (Å²) in [6.07, 6.45) is 2.47. The summed E-state index contributed by atoms with van der Waals surface area (Å²) in [6, 6.07) is 15.9. The average Bonchev–Trinajstić information content (AvgIpc) is 3.07. The number of benzene rings is 2. The number of aliphatic imine (C=N–C) groups is 2. The minimum absolute atomic E-state index is 0.0178. The highest BCUT2D eigenvalue weighted by atomic mass is 32.2. The third-order valence-corrected chi connectivity index (χ3v) is 6.23. The van der Waals surface area contributed by atoms with Crippen LogP contribution in [0.2, 0.25) is 0 Å². The maximum Gasteiger partial charge on any atom is 0.311 e. The molecule has 1 aliphatic heterocycles. The second-order valence-corrected chi connectivity index (χ2v) is 8.53. The highest BCUT2D eigenvalue weighted by Gasteiger charge is 2.24.